The van der Waals surface area contributed by atoms with Gasteiger partial charge in [-0.25, -0.2) is 0 Å². The molecule has 1 unspecified atom stereocenters. The number of carbonyl (C=O) groups excluding carboxylic acids is 1. The second-order valence-corrected chi connectivity index (χ2v) is 7.70. The van der Waals surface area contributed by atoms with Crippen LogP contribution in [0.5, 0.6) is 5.75 Å². The monoisotopic (exact) mass is 371 g/mol. The molecule has 1 amide bonds. The maximum Gasteiger partial charge on any atom is 0.258 e. The van der Waals surface area contributed by atoms with Crippen LogP contribution in [0, 0.1) is 6.92 Å². The van der Waals surface area contributed by atoms with E-state index in [-0.39, 0.29) is 24.5 Å². The third-order valence-electron chi connectivity index (χ3n) is 4.98. The highest BCUT2D eigenvalue weighted by atomic mass is 35.5. The molecule has 0 saturated carbocycles. The molecule has 4 heteroatoms. The van der Waals surface area contributed by atoms with Crippen LogP contribution in [-0.2, 0) is 11.2 Å². The lowest BCUT2D eigenvalue weighted by Crippen LogP contribution is -2.34. The summed E-state index contributed by atoms with van der Waals surface area (Å²) in [5.74, 6) is 0.923. The van der Waals surface area contributed by atoms with E-state index in [9.17, 15) is 4.79 Å². The van der Waals surface area contributed by atoms with Crippen LogP contribution >= 0.6 is 11.6 Å². The molecule has 0 heterocycles. The average Bonchev–Trinajstić information content (AvgIpc) is 2.62. The highest BCUT2D eigenvalue weighted by Gasteiger charge is 2.21. The molecule has 3 rings (SSSR count). The zero-order valence-corrected chi connectivity index (χ0v) is 16.4. The molecule has 0 aromatic heterocycles. The van der Waals surface area contributed by atoms with Crippen molar-refractivity contribution >= 4 is 17.5 Å². The van der Waals surface area contributed by atoms with Crippen molar-refractivity contribution in [3.05, 3.63) is 63.7 Å². The molecule has 2 aromatic rings. The molecule has 2 aromatic carbocycles. The summed E-state index contributed by atoms with van der Waals surface area (Å²) in [6.45, 7) is 6.14. The Balaban J connectivity index is 1.66. The zero-order valence-electron chi connectivity index (χ0n) is 15.6. The van der Waals surface area contributed by atoms with Crippen molar-refractivity contribution in [3.63, 3.8) is 0 Å². The Labute approximate surface area is 160 Å². The minimum absolute atomic E-state index is 0.0134. The van der Waals surface area contributed by atoms with Crippen molar-refractivity contribution < 1.29 is 9.53 Å². The fraction of sp³-hybridized carbons (Fsp3) is 0.409. The van der Waals surface area contributed by atoms with Crippen molar-refractivity contribution in [3.8, 4) is 5.75 Å². The van der Waals surface area contributed by atoms with E-state index in [1.54, 1.807) is 0 Å². The molecule has 138 valence electrons. The summed E-state index contributed by atoms with van der Waals surface area (Å²) in [5.41, 5.74) is 4.54. The van der Waals surface area contributed by atoms with Crippen LogP contribution in [0.1, 0.15) is 60.9 Å². The molecule has 0 aliphatic heterocycles. The first-order valence-electron chi connectivity index (χ1n) is 9.25. The lowest BCUT2D eigenvalue weighted by molar-refractivity contribution is -0.124. The maximum atomic E-state index is 12.5. The van der Waals surface area contributed by atoms with Crippen LogP contribution in [0.3, 0.4) is 0 Å². The number of fused-ring (bicyclic) bond motifs is 1. The molecule has 3 nitrogen and oxygen atoms in total. The Morgan fingerprint density at radius 1 is 1.31 bits per heavy atom. The molecular weight excluding hydrogens is 346 g/mol. The van der Waals surface area contributed by atoms with Gasteiger partial charge >= 0.3 is 0 Å². The number of hydrogen-bond donors (Lipinski definition) is 1. The summed E-state index contributed by atoms with van der Waals surface area (Å²) in [7, 11) is 0. The van der Waals surface area contributed by atoms with E-state index < -0.39 is 0 Å². The molecular formula is C22H26ClNO2. The van der Waals surface area contributed by atoms with E-state index in [1.165, 1.54) is 11.1 Å². The van der Waals surface area contributed by atoms with E-state index >= 15 is 0 Å². The smallest absolute Gasteiger partial charge is 0.258 e. The van der Waals surface area contributed by atoms with Crippen LogP contribution in [-0.4, -0.2) is 12.5 Å². The molecule has 0 spiro atoms. The van der Waals surface area contributed by atoms with Gasteiger partial charge in [0.25, 0.3) is 5.91 Å². The standard InChI is InChI=1S/C22H26ClNO2/c1-14(2)18-12-19(23)15(3)11-21(18)26-13-22(25)24-20-10-6-8-16-7-4-5-9-17(16)20/h4-5,7,9,11-12,14,20H,6,8,10,13H2,1-3H3,(H,24,25). The van der Waals surface area contributed by atoms with Crippen LogP contribution in [0.4, 0.5) is 0 Å². The van der Waals surface area contributed by atoms with Crippen LogP contribution in [0.2, 0.25) is 5.02 Å². The van der Waals surface area contributed by atoms with Crippen LogP contribution < -0.4 is 10.1 Å². The summed E-state index contributed by atoms with van der Waals surface area (Å²) in [4.78, 5) is 12.5. The Hall–Kier alpha value is -2.00. The molecule has 1 aliphatic carbocycles. The van der Waals surface area contributed by atoms with Crippen molar-refractivity contribution in [2.24, 2.45) is 0 Å². The molecule has 26 heavy (non-hydrogen) atoms. The minimum Gasteiger partial charge on any atom is -0.483 e. The SMILES string of the molecule is Cc1cc(OCC(=O)NC2CCCc3ccccc32)c(C(C)C)cc1Cl. The van der Waals surface area contributed by atoms with Gasteiger partial charge in [0.05, 0.1) is 6.04 Å². The largest absolute Gasteiger partial charge is 0.483 e. The molecule has 1 aliphatic rings. The van der Waals surface area contributed by atoms with Crippen molar-refractivity contribution in [2.75, 3.05) is 6.61 Å². The Bertz CT molecular complexity index is 801. The molecule has 1 atom stereocenters. The predicted octanol–water partition coefficient (Wildman–Crippen LogP) is 5.34. The lowest BCUT2D eigenvalue weighted by atomic mass is 9.88. The van der Waals surface area contributed by atoms with Crippen LogP contribution in [0.15, 0.2) is 36.4 Å². The quantitative estimate of drug-likeness (QED) is 0.769. The second-order valence-electron chi connectivity index (χ2n) is 7.29. The number of amides is 1. The molecule has 0 bridgehead atoms. The molecule has 0 radical (unpaired) electrons. The molecule has 0 saturated heterocycles. The highest BCUT2D eigenvalue weighted by Crippen LogP contribution is 2.32. The fourth-order valence-corrected chi connectivity index (χ4v) is 3.70. The number of aryl methyl sites for hydroxylation is 2. The topological polar surface area (TPSA) is 38.3 Å². The van der Waals surface area contributed by atoms with Gasteiger partial charge in [-0.15, -0.1) is 0 Å². The van der Waals surface area contributed by atoms with Gasteiger partial charge in [-0.3, -0.25) is 4.79 Å². The number of halogens is 1. The third-order valence-corrected chi connectivity index (χ3v) is 5.38. The second kappa shape index (κ2) is 8.13. The van der Waals surface area contributed by atoms with Gasteiger partial charge in [0.2, 0.25) is 0 Å². The van der Waals surface area contributed by atoms with Crippen molar-refractivity contribution in [2.45, 2.75) is 52.0 Å². The van der Waals surface area contributed by atoms with Crippen molar-refractivity contribution in [1.82, 2.24) is 5.32 Å². The van der Waals surface area contributed by atoms with E-state index in [4.69, 9.17) is 16.3 Å². The number of benzene rings is 2. The number of ether oxygens (including phenoxy) is 1. The van der Waals surface area contributed by atoms with Gasteiger partial charge in [0.1, 0.15) is 5.75 Å². The zero-order chi connectivity index (χ0) is 18.7. The van der Waals surface area contributed by atoms with Crippen LogP contribution in [0.25, 0.3) is 0 Å². The minimum atomic E-state index is -0.0889. The Kier molecular flexibility index (Phi) is 5.87. The normalized spacial score (nSPS) is 16.3. The lowest BCUT2D eigenvalue weighted by Gasteiger charge is -2.26. The predicted molar refractivity (Wildman–Crippen MR) is 106 cm³/mol. The van der Waals surface area contributed by atoms with Gasteiger partial charge in [-0.2, -0.15) is 0 Å². The Morgan fingerprint density at radius 2 is 2.08 bits per heavy atom. The van der Waals surface area contributed by atoms with Gasteiger partial charge in [0.15, 0.2) is 6.61 Å². The summed E-state index contributed by atoms with van der Waals surface area (Å²) in [5, 5.41) is 3.86. The highest BCUT2D eigenvalue weighted by molar-refractivity contribution is 6.31. The summed E-state index contributed by atoms with van der Waals surface area (Å²) >= 11 is 6.23. The average molecular weight is 372 g/mol. The summed E-state index contributed by atoms with van der Waals surface area (Å²) in [6, 6.07) is 12.3. The maximum absolute atomic E-state index is 12.5. The first-order chi connectivity index (χ1) is 12.5. The molecule has 0 fully saturated rings. The number of carbonyl (C=O) groups is 1. The number of rotatable bonds is 5. The first kappa shape index (κ1) is 18.8. The summed E-state index contributed by atoms with van der Waals surface area (Å²) < 4.78 is 5.85. The number of hydrogen-bond acceptors (Lipinski definition) is 2. The fourth-order valence-electron chi connectivity index (χ4n) is 3.53. The van der Waals surface area contributed by atoms with Gasteiger partial charge < -0.3 is 10.1 Å². The number of nitrogens with one attached hydrogen (secondary N) is 1. The van der Waals surface area contributed by atoms with E-state index in [1.807, 2.05) is 25.1 Å². The third kappa shape index (κ3) is 4.21. The first-order valence-corrected chi connectivity index (χ1v) is 9.63. The van der Waals surface area contributed by atoms with Gasteiger partial charge in [-0.05, 0) is 66.5 Å². The summed E-state index contributed by atoms with van der Waals surface area (Å²) in [6.07, 6.45) is 3.15. The van der Waals surface area contributed by atoms with Gasteiger partial charge in [0, 0.05) is 5.02 Å². The Morgan fingerprint density at radius 3 is 2.85 bits per heavy atom. The van der Waals surface area contributed by atoms with E-state index in [0.29, 0.717) is 0 Å². The van der Waals surface area contributed by atoms with E-state index in [0.717, 1.165) is 41.2 Å². The van der Waals surface area contributed by atoms with Gasteiger partial charge in [-0.1, -0.05) is 49.7 Å². The van der Waals surface area contributed by atoms with Crippen molar-refractivity contribution in [1.29, 1.82) is 0 Å². The molecule has 1 N–H and O–H groups in total. The van der Waals surface area contributed by atoms with E-state index in [2.05, 4.69) is 37.4 Å².